The van der Waals surface area contributed by atoms with Gasteiger partial charge in [-0.25, -0.2) is 0 Å². The third-order valence-electron chi connectivity index (χ3n) is 1.41. The molecule has 0 fully saturated rings. The van der Waals surface area contributed by atoms with Crippen molar-refractivity contribution in [3.8, 4) is 0 Å². The number of carboxylic acids is 1. The molecule has 7 heteroatoms. The van der Waals surface area contributed by atoms with Crippen LogP contribution in [0, 0.1) is 0 Å². The van der Waals surface area contributed by atoms with E-state index in [9.17, 15) is 14.5 Å². The minimum absolute atomic E-state index is 0.0312. The summed E-state index contributed by atoms with van der Waals surface area (Å²) < 4.78 is 11.0. The fraction of sp³-hybridized carbons (Fsp3) is 0.667. The van der Waals surface area contributed by atoms with Gasteiger partial charge >= 0.3 is 7.60 Å². The maximum Gasteiger partial charge on any atom is 0.331 e. The quantitative estimate of drug-likeness (QED) is 0.387. The van der Waals surface area contributed by atoms with E-state index in [2.05, 4.69) is 6.58 Å². The van der Waals surface area contributed by atoms with Crippen LogP contribution in [0.15, 0.2) is 12.2 Å². The van der Waals surface area contributed by atoms with Gasteiger partial charge in [0.2, 0.25) is 0 Å². The number of carboxylic acid groups (broad SMARTS) is 1. The van der Waals surface area contributed by atoms with E-state index in [0.29, 0.717) is 11.0 Å². The predicted molar refractivity (Wildman–Crippen MR) is 59.6 cm³/mol. The van der Waals surface area contributed by atoms with E-state index in [0.717, 1.165) is 0 Å². The first-order valence-corrected chi connectivity index (χ1v) is 6.37. The van der Waals surface area contributed by atoms with E-state index in [1.165, 1.54) is 6.92 Å². The maximum absolute atomic E-state index is 10.4. The molecule has 0 rings (SSSR count). The summed E-state index contributed by atoms with van der Waals surface area (Å²) in [4.78, 5) is 26.5. The molecule has 2 N–H and O–H groups in total. The van der Waals surface area contributed by atoms with Gasteiger partial charge in [-0.1, -0.05) is 6.58 Å². The molecule has 0 radical (unpaired) electrons. The summed E-state index contributed by atoms with van der Waals surface area (Å²) in [6.45, 7) is 4.98. The Morgan fingerprint density at radius 3 is 1.75 bits per heavy atom. The number of rotatable bonds is 4. The second kappa shape index (κ2) is 6.81. The number of aliphatic carboxylic acids is 1. The van der Waals surface area contributed by atoms with Crippen LogP contribution in [-0.4, -0.2) is 54.1 Å². The molecule has 0 aromatic heterocycles. The summed E-state index contributed by atoms with van der Waals surface area (Å²) in [6, 6.07) is 0. The molecule has 0 aromatic rings. The predicted octanol–water partition coefficient (Wildman–Crippen LogP) is -0.817. The second-order valence-electron chi connectivity index (χ2n) is 4.47. The van der Waals surface area contributed by atoms with Crippen LogP contribution in [0.5, 0.6) is 0 Å². The lowest BCUT2D eigenvalue weighted by Crippen LogP contribution is -2.36. The third kappa shape index (κ3) is 19.0. The minimum atomic E-state index is -3.78. The molecule has 0 aliphatic rings. The molecule has 0 unspecified atom stereocenters. The van der Waals surface area contributed by atoms with Crippen molar-refractivity contribution in [3.63, 3.8) is 0 Å². The van der Waals surface area contributed by atoms with Crippen LogP contribution in [0.2, 0.25) is 0 Å². The van der Waals surface area contributed by atoms with Crippen molar-refractivity contribution in [2.75, 3.05) is 33.8 Å². The van der Waals surface area contributed by atoms with Crippen molar-refractivity contribution in [1.29, 1.82) is 0 Å². The smallest absolute Gasteiger partial charge is 0.331 e. The fourth-order valence-corrected chi connectivity index (χ4v) is 1.29. The zero-order chi connectivity index (χ0) is 13.6. The standard InChI is InChI=1S/C5H14NO3P.C4H6O2/c1-6(2,3)4-5-10(7,8)9;1-3(2)4(5)6/h4-5H2,1-3H3,(H-,7,8,9);1H2,2H3,(H,5,6). The fourth-order valence-electron chi connectivity index (χ4n) is 0.430. The van der Waals surface area contributed by atoms with Crippen LogP contribution < -0.4 is 5.11 Å². The number of quaternary nitrogens is 1. The lowest BCUT2D eigenvalue weighted by atomic mass is 10.4. The summed E-state index contributed by atoms with van der Waals surface area (Å²) in [5.41, 5.74) is 0.0648. The molecule has 0 aliphatic carbocycles. The molecule has 0 aromatic carbocycles. The highest BCUT2D eigenvalue weighted by atomic mass is 31.2. The van der Waals surface area contributed by atoms with Crippen LogP contribution in [0.1, 0.15) is 6.92 Å². The van der Waals surface area contributed by atoms with Crippen LogP contribution in [0.3, 0.4) is 0 Å². The van der Waals surface area contributed by atoms with Crippen LogP contribution in [0.4, 0.5) is 0 Å². The zero-order valence-electron chi connectivity index (χ0n) is 10.1. The Bertz CT molecular complexity index is 277. The van der Waals surface area contributed by atoms with Crippen molar-refractivity contribution in [2.24, 2.45) is 0 Å². The minimum Gasteiger partial charge on any atom is -0.545 e. The Labute approximate surface area is 96.0 Å². The van der Waals surface area contributed by atoms with Crippen molar-refractivity contribution in [1.82, 2.24) is 0 Å². The van der Waals surface area contributed by atoms with Crippen molar-refractivity contribution in [2.45, 2.75) is 6.92 Å². The third-order valence-corrected chi connectivity index (χ3v) is 2.19. The van der Waals surface area contributed by atoms with E-state index in [1.807, 2.05) is 21.1 Å². The van der Waals surface area contributed by atoms with Gasteiger partial charge in [-0.15, -0.1) is 0 Å². The lowest BCUT2D eigenvalue weighted by molar-refractivity contribution is -0.867. The number of nitrogens with zero attached hydrogens (tertiary/aromatic N) is 1. The monoisotopic (exact) mass is 253 g/mol. The highest BCUT2D eigenvalue weighted by molar-refractivity contribution is 7.51. The summed E-state index contributed by atoms with van der Waals surface area (Å²) in [7, 11) is 1.92. The molecule has 0 spiro atoms. The zero-order valence-corrected chi connectivity index (χ0v) is 11.0. The average molecular weight is 253 g/mol. The molecule has 0 aliphatic heterocycles. The van der Waals surface area contributed by atoms with E-state index in [-0.39, 0.29) is 11.7 Å². The molecular formula is C9H20NO5P. The highest BCUT2D eigenvalue weighted by Gasteiger charge is 2.18. The van der Waals surface area contributed by atoms with Crippen LogP contribution in [0.25, 0.3) is 0 Å². The molecule has 0 bridgehead atoms. The topological polar surface area (TPSA) is 97.7 Å². The van der Waals surface area contributed by atoms with Gasteiger partial charge in [0.15, 0.2) is 0 Å². The second-order valence-corrected chi connectivity index (χ2v) is 6.25. The number of carbonyl (C=O) groups excluding carboxylic acids is 1. The van der Waals surface area contributed by atoms with Gasteiger partial charge in [0, 0.05) is 0 Å². The largest absolute Gasteiger partial charge is 0.545 e. The Kier molecular flexibility index (Phi) is 7.53. The maximum atomic E-state index is 10.4. The van der Waals surface area contributed by atoms with E-state index in [4.69, 9.17) is 9.79 Å². The molecule has 0 amide bonds. The van der Waals surface area contributed by atoms with Gasteiger partial charge in [-0.05, 0) is 12.5 Å². The van der Waals surface area contributed by atoms with Gasteiger partial charge in [-0.2, -0.15) is 0 Å². The van der Waals surface area contributed by atoms with Gasteiger partial charge in [0.05, 0.1) is 39.8 Å². The molecule has 0 saturated carbocycles. The molecular weight excluding hydrogens is 233 g/mol. The normalized spacial score (nSPS) is 11.4. The molecule has 96 valence electrons. The number of carbonyl (C=O) groups is 1. The SMILES string of the molecule is C=C(C)C(=O)[O-].C[N+](C)(C)CCP(=O)(O)O. The first-order valence-electron chi connectivity index (χ1n) is 4.57. The van der Waals surface area contributed by atoms with E-state index >= 15 is 0 Å². The van der Waals surface area contributed by atoms with Gasteiger partial charge in [-0.3, -0.25) is 4.57 Å². The Morgan fingerprint density at radius 1 is 1.38 bits per heavy atom. The van der Waals surface area contributed by atoms with Crippen molar-refractivity contribution < 1.29 is 28.7 Å². The molecule has 6 nitrogen and oxygen atoms in total. The van der Waals surface area contributed by atoms with E-state index in [1.54, 1.807) is 0 Å². The van der Waals surface area contributed by atoms with Crippen molar-refractivity contribution >= 4 is 13.6 Å². The Hall–Kier alpha value is -0.680. The highest BCUT2D eigenvalue weighted by Crippen LogP contribution is 2.33. The van der Waals surface area contributed by atoms with Gasteiger partial charge in [0.25, 0.3) is 0 Å². The molecule has 16 heavy (non-hydrogen) atoms. The summed E-state index contributed by atoms with van der Waals surface area (Å²) >= 11 is 0. The summed E-state index contributed by atoms with van der Waals surface area (Å²) in [5, 5.41) is 9.49. The number of hydrogen-bond acceptors (Lipinski definition) is 3. The van der Waals surface area contributed by atoms with Gasteiger partial charge in [0.1, 0.15) is 0 Å². The average Bonchev–Trinajstić information content (AvgIpc) is 1.99. The lowest BCUT2D eigenvalue weighted by Gasteiger charge is -2.23. The molecule has 0 heterocycles. The number of hydrogen-bond donors (Lipinski definition) is 2. The molecule has 0 atom stereocenters. The van der Waals surface area contributed by atoms with Crippen molar-refractivity contribution in [3.05, 3.63) is 12.2 Å². The van der Waals surface area contributed by atoms with Gasteiger partial charge < -0.3 is 24.2 Å². The molecule has 0 saturated heterocycles. The Morgan fingerprint density at radius 2 is 1.69 bits per heavy atom. The summed E-state index contributed by atoms with van der Waals surface area (Å²) in [5.74, 6) is -1.19. The summed E-state index contributed by atoms with van der Waals surface area (Å²) in [6.07, 6.45) is -0.0312. The van der Waals surface area contributed by atoms with Crippen LogP contribution in [-0.2, 0) is 9.36 Å². The Balaban J connectivity index is 0. The van der Waals surface area contributed by atoms with E-state index < -0.39 is 13.6 Å². The first-order chi connectivity index (χ1) is 6.85. The van der Waals surface area contributed by atoms with Crippen LogP contribution >= 0.6 is 7.60 Å². The first kappa shape index (κ1) is 17.7.